The SMILES string of the molecule is O=C1[C@@H]2[C@@H](C(=O)N1/N=C\c1cc(Cl)ccc1OCc1cccc(Cl)c1)[C@H]1C=C[C@H]2C1. The van der Waals surface area contributed by atoms with E-state index in [1.165, 1.54) is 6.21 Å². The predicted octanol–water partition coefficient (Wildman–Crippen LogP) is 4.71. The molecular weight excluding hydrogens is 423 g/mol. The molecule has 1 saturated carbocycles. The first-order chi connectivity index (χ1) is 14.5. The van der Waals surface area contributed by atoms with Gasteiger partial charge in [-0.05, 0) is 54.2 Å². The molecule has 1 heterocycles. The van der Waals surface area contributed by atoms with Crippen LogP contribution in [0.15, 0.2) is 59.7 Å². The number of hydrogen-bond acceptors (Lipinski definition) is 4. The normalized spacial score (nSPS) is 26.8. The minimum Gasteiger partial charge on any atom is -0.488 e. The Morgan fingerprint density at radius 3 is 2.40 bits per heavy atom. The van der Waals surface area contributed by atoms with Crippen molar-refractivity contribution in [2.24, 2.45) is 28.8 Å². The Morgan fingerprint density at radius 2 is 1.70 bits per heavy atom. The van der Waals surface area contributed by atoms with Gasteiger partial charge in [0.15, 0.2) is 0 Å². The minimum absolute atomic E-state index is 0.152. The summed E-state index contributed by atoms with van der Waals surface area (Å²) in [6.07, 6.45) is 6.47. The van der Waals surface area contributed by atoms with E-state index < -0.39 is 0 Å². The Hall–Kier alpha value is -2.63. The number of nitrogens with zero attached hydrogens (tertiary/aromatic N) is 2. The van der Waals surface area contributed by atoms with Crippen molar-refractivity contribution in [3.05, 3.63) is 75.8 Å². The monoisotopic (exact) mass is 440 g/mol. The van der Waals surface area contributed by atoms with Gasteiger partial charge in [-0.3, -0.25) is 9.59 Å². The maximum atomic E-state index is 12.8. The molecule has 2 aromatic rings. The number of fused-ring (bicyclic) bond motifs is 5. The third-order valence-corrected chi connectivity index (χ3v) is 6.48. The maximum Gasteiger partial charge on any atom is 0.254 e. The maximum absolute atomic E-state index is 12.8. The number of allylic oxidation sites excluding steroid dienone is 2. The Bertz CT molecular complexity index is 1070. The highest BCUT2D eigenvalue weighted by atomic mass is 35.5. The van der Waals surface area contributed by atoms with E-state index in [4.69, 9.17) is 27.9 Å². The zero-order valence-corrected chi connectivity index (χ0v) is 17.4. The highest BCUT2D eigenvalue weighted by molar-refractivity contribution is 6.31. The van der Waals surface area contributed by atoms with Crippen LogP contribution < -0.4 is 4.74 Å². The summed E-state index contributed by atoms with van der Waals surface area (Å²) in [5, 5.41) is 6.38. The molecule has 5 nitrogen and oxygen atoms in total. The minimum atomic E-state index is -0.275. The second-order valence-electron chi connectivity index (χ2n) is 7.83. The number of carbonyl (C=O) groups excluding carboxylic acids is 2. The highest BCUT2D eigenvalue weighted by Crippen LogP contribution is 2.52. The van der Waals surface area contributed by atoms with Crippen LogP contribution in [0.4, 0.5) is 0 Å². The molecule has 5 rings (SSSR count). The molecule has 1 aliphatic heterocycles. The van der Waals surface area contributed by atoms with Crippen molar-refractivity contribution in [2.75, 3.05) is 0 Å². The van der Waals surface area contributed by atoms with Crippen molar-refractivity contribution in [1.82, 2.24) is 5.01 Å². The average molecular weight is 441 g/mol. The van der Waals surface area contributed by atoms with E-state index in [2.05, 4.69) is 17.3 Å². The molecule has 0 radical (unpaired) electrons. The second-order valence-corrected chi connectivity index (χ2v) is 8.71. The molecule has 2 aromatic carbocycles. The van der Waals surface area contributed by atoms with Crippen molar-refractivity contribution >= 4 is 41.2 Å². The Morgan fingerprint density at radius 1 is 1.00 bits per heavy atom. The van der Waals surface area contributed by atoms with Crippen LogP contribution in [0.1, 0.15) is 17.5 Å². The molecule has 2 bridgehead atoms. The molecule has 0 unspecified atom stereocenters. The van der Waals surface area contributed by atoms with Crippen molar-refractivity contribution in [1.29, 1.82) is 0 Å². The molecule has 3 aliphatic rings. The number of hydrazone groups is 1. The molecule has 2 fully saturated rings. The van der Waals surface area contributed by atoms with Crippen LogP contribution in [0, 0.1) is 23.7 Å². The lowest BCUT2D eigenvalue weighted by molar-refractivity contribution is -0.140. The van der Waals surface area contributed by atoms with Gasteiger partial charge in [0, 0.05) is 15.6 Å². The molecule has 7 heteroatoms. The standard InChI is InChI=1S/C23H18Cl2N2O3/c24-17-3-1-2-13(8-17)12-30-19-7-6-18(25)10-16(19)11-26-27-22(28)20-14-4-5-15(9-14)21(20)23(27)29/h1-8,10-11,14-15,20-21H,9,12H2/b26-11-/t14-,15-,20-,21-/m0/s1. The molecule has 4 atom stereocenters. The van der Waals surface area contributed by atoms with Crippen LogP contribution in [0.3, 0.4) is 0 Å². The van der Waals surface area contributed by atoms with Gasteiger partial charge in [0.1, 0.15) is 12.4 Å². The number of benzene rings is 2. The summed E-state index contributed by atoms with van der Waals surface area (Å²) in [7, 11) is 0. The first kappa shape index (κ1) is 19.3. The first-order valence-corrected chi connectivity index (χ1v) is 10.5. The number of rotatable bonds is 5. The van der Waals surface area contributed by atoms with Gasteiger partial charge in [0.2, 0.25) is 0 Å². The third kappa shape index (κ3) is 3.32. The van der Waals surface area contributed by atoms with E-state index in [-0.39, 0.29) is 35.5 Å². The van der Waals surface area contributed by atoms with Gasteiger partial charge in [0.05, 0.1) is 18.1 Å². The van der Waals surface area contributed by atoms with Crippen LogP contribution >= 0.6 is 23.2 Å². The molecule has 2 aliphatic carbocycles. The smallest absolute Gasteiger partial charge is 0.254 e. The van der Waals surface area contributed by atoms with E-state index in [1.807, 2.05) is 18.2 Å². The number of ether oxygens (including phenoxy) is 1. The van der Waals surface area contributed by atoms with Gasteiger partial charge in [-0.25, -0.2) is 0 Å². The first-order valence-electron chi connectivity index (χ1n) is 9.78. The molecule has 30 heavy (non-hydrogen) atoms. The van der Waals surface area contributed by atoms with Crippen LogP contribution in [0.5, 0.6) is 5.75 Å². The molecule has 0 N–H and O–H groups in total. The fourth-order valence-corrected chi connectivity index (χ4v) is 5.05. The molecule has 2 amide bonds. The van der Waals surface area contributed by atoms with Gasteiger partial charge in [-0.15, -0.1) is 0 Å². The summed E-state index contributed by atoms with van der Waals surface area (Å²) in [6, 6.07) is 12.5. The molecular formula is C23H18Cl2N2O3. The molecule has 1 saturated heterocycles. The third-order valence-electron chi connectivity index (χ3n) is 6.01. The summed E-state index contributed by atoms with van der Waals surface area (Å²) in [6.45, 7) is 0.309. The lowest BCUT2D eigenvalue weighted by Gasteiger charge is -2.13. The van der Waals surface area contributed by atoms with E-state index in [9.17, 15) is 9.59 Å². The number of carbonyl (C=O) groups is 2. The van der Waals surface area contributed by atoms with Crippen LogP contribution in [0.25, 0.3) is 0 Å². The van der Waals surface area contributed by atoms with Crippen LogP contribution in [-0.4, -0.2) is 23.0 Å². The van der Waals surface area contributed by atoms with Gasteiger partial charge in [-0.1, -0.05) is 47.5 Å². The summed E-state index contributed by atoms with van der Waals surface area (Å²) in [5.74, 6) is -0.142. The van der Waals surface area contributed by atoms with E-state index in [0.717, 1.165) is 17.0 Å². The zero-order valence-electron chi connectivity index (χ0n) is 15.9. The number of halogens is 2. The number of amides is 2. The van der Waals surface area contributed by atoms with Gasteiger partial charge >= 0.3 is 0 Å². The predicted molar refractivity (Wildman–Crippen MR) is 114 cm³/mol. The average Bonchev–Trinajstić information content (AvgIpc) is 3.40. The molecule has 0 aromatic heterocycles. The number of hydrogen-bond donors (Lipinski definition) is 0. The van der Waals surface area contributed by atoms with Gasteiger partial charge < -0.3 is 4.74 Å². The Kier molecular flexibility index (Phi) is 4.88. The van der Waals surface area contributed by atoms with Crippen molar-refractivity contribution < 1.29 is 14.3 Å². The summed E-state index contributed by atoms with van der Waals surface area (Å²) < 4.78 is 5.91. The van der Waals surface area contributed by atoms with Crippen molar-refractivity contribution in [3.8, 4) is 5.75 Å². The van der Waals surface area contributed by atoms with Gasteiger partial charge in [-0.2, -0.15) is 10.1 Å². The lowest BCUT2D eigenvalue weighted by Crippen LogP contribution is -2.28. The van der Waals surface area contributed by atoms with E-state index in [0.29, 0.717) is 28.0 Å². The summed E-state index contributed by atoms with van der Waals surface area (Å²) in [5.41, 5.74) is 1.50. The summed E-state index contributed by atoms with van der Waals surface area (Å²) >= 11 is 12.2. The van der Waals surface area contributed by atoms with E-state index >= 15 is 0 Å². The second kappa shape index (κ2) is 7.56. The topological polar surface area (TPSA) is 59.0 Å². The van der Waals surface area contributed by atoms with Crippen molar-refractivity contribution in [3.63, 3.8) is 0 Å². The van der Waals surface area contributed by atoms with Crippen molar-refractivity contribution in [2.45, 2.75) is 13.0 Å². The number of imide groups is 1. The summed E-state index contributed by atoms with van der Waals surface area (Å²) in [4.78, 5) is 25.6. The van der Waals surface area contributed by atoms with Gasteiger partial charge in [0.25, 0.3) is 11.8 Å². The Labute approximate surface area is 183 Å². The van der Waals surface area contributed by atoms with E-state index in [1.54, 1.807) is 24.3 Å². The molecule has 0 spiro atoms. The molecule has 152 valence electrons. The Balaban J connectivity index is 1.36. The van der Waals surface area contributed by atoms with Crippen LogP contribution in [-0.2, 0) is 16.2 Å². The lowest BCUT2D eigenvalue weighted by atomic mass is 9.85. The zero-order chi connectivity index (χ0) is 20.8. The fourth-order valence-electron chi connectivity index (χ4n) is 4.66. The quantitative estimate of drug-likeness (QED) is 0.384. The van der Waals surface area contributed by atoms with Crippen LogP contribution in [0.2, 0.25) is 10.0 Å². The largest absolute Gasteiger partial charge is 0.488 e. The highest BCUT2D eigenvalue weighted by Gasteiger charge is 2.59. The fraction of sp³-hybridized carbons (Fsp3) is 0.261.